The summed E-state index contributed by atoms with van der Waals surface area (Å²) in [6.07, 6.45) is 8.44. The second-order valence-corrected chi connectivity index (χ2v) is 4.84. The zero-order chi connectivity index (χ0) is 12.2. The highest BCUT2D eigenvalue weighted by Gasteiger charge is 2.13. The van der Waals surface area contributed by atoms with Crippen LogP contribution in [0.15, 0.2) is 36.7 Å². The first kappa shape index (κ1) is 14.0. The lowest BCUT2D eigenvalue weighted by Gasteiger charge is -2.23. The largest absolute Gasteiger partial charge is 0.314 e. The van der Waals surface area contributed by atoms with E-state index in [1.54, 1.807) is 17.2 Å². The topological polar surface area (TPSA) is 42.7 Å². The molecule has 0 bridgehead atoms. The van der Waals surface area contributed by atoms with E-state index in [1.807, 2.05) is 6.07 Å². The Kier molecular flexibility index (Phi) is 4.93. The number of nitrogens with one attached hydrogen (secondary N) is 1. The molecule has 1 fully saturated rings. The maximum atomic E-state index is 4.16. The fraction of sp³-hybridized carbons (Fsp3) is 0.429. The summed E-state index contributed by atoms with van der Waals surface area (Å²) in [5.41, 5.74) is 2.39. The van der Waals surface area contributed by atoms with Gasteiger partial charge in [0.05, 0.1) is 18.1 Å². The van der Waals surface area contributed by atoms with Gasteiger partial charge in [0.2, 0.25) is 0 Å². The summed E-state index contributed by atoms with van der Waals surface area (Å²) in [5.74, 6) is 0. The van der Waals surface area contributed by atoms with Crippen LogP contribution in [0.5, 0.6) is 0 Å². The second kappa shape index (κ2) is 6.68. The predicted molar refractivity (Wildman–Crippen MR) is 78.0 cm³/mol. The third-order valence-electron chi connectivity index (χ3n) is 3.45. The SMILES string of the molecule is Cl.c1cc(C[C@@H]2CCCCN2)cc(-n2nccn2)c1. The minimum atomic E-state index is 0. The van der Waals surface area contributed by atoms with Gasteiger partial charge in [0.1, 0.15) is 0 Å². The Hall–Kier alpha value is -1.39. The molecule has 1 aromatic carbocycles. The van der Waals surface area contributed by atoms with E-state index in [0.29, 0.717) is 6.04 Å². The van der Waals surface area contributed by atoms with Crippen molar-refractivity contribution in [1.82, 2.24) is 20.3 Å². The van der Waals surface area contributed by atoms with Crippen molar-refractivity contribution >= 4 is 12.4 Å². The highest BCUT2D eigenvalue weighted by atomic mass is 35.5. The fourth-order valence-corrected chi connectivity index (χ4v) is 2.54. The van der Waals surface area contributed by atoms with Gasteiger partial charge in [0.15, 0.2) is 0 Å². The molecule has 3 rings (SSSR count). The van der Waals surface area contributed by atoms with Gasteiger partial charge >= 0.3 is 0 Å². The Morgan fingerprint density at radius 1 is 1.21 bits per heavy atom. The van der Waals surface area contributed by atoms with E-state index < -0.39 is 0 Å². The molecule has 2 heterocycles. The third kappa shape index (κ3) is 3.55. The molecule has 1 aliphatic rings. The van der Waals surface area contributed by atoms with Crippen LogP contribution in [0.25, 0.3) is 5.69 Å². The molecule has 2 aromatic rings. The van der Waals surface area contributed by atoms with Gasteiger partial charge in [-0.2, -0.15) is 15.0 Å². The Balaban J connectivity index is 0.00000133. The summed E-state index contributed by atoms with van der Waals surface area (Å²) in [5, 5.41) is 11.9. The molecule has 1 saturated heterocycles. The lowest BCUT2D eigenvalue weighted by molar-refractivity contribution is 0.399. The molecule has 1 aromatic heterocycles. The Morgan fingerprint density at radius 3 is 2.79 bits per heavy atom. The third-order valence-corrected chi connectivity index (χ3v) is 3.45. The smallest absolute Gasteiger partial charge is 0.0859 e. The molecule has 19 heavy (non-hydrogen) atoms. The van der Waals surface area contributed by atoms with Crippen LogP contribution in [-0.2, 0) is 6.42 Å². The zero-order valence-electron chi connectivity index (χ0n) is 10.8. The average Bonchev–Trinajstić information content (AvgIpc) is 2.94. The van der Waals surface area contributed by atoms with E-state index in [1.165, 1.54) is 24.8 Å². The summed E-state index contributed by atoms with van der Waals surface area (Å²) >= 11 is 0. The van der Waals surface area contributed by atoms with Gasteiger partial charge in [-0.3, -0.25) is 0 Å². The molecule has 1 atom stereocenters. The van der Waals surface area contributed by atoms with E-state index in [0.717, 1.165) is 18.7 Å². The molecular formula is C14H19ClN4. The van der Waals surface area contributed by atoms with Gasteiger partial charge in [-0.05, 0) is 43.5 Å². The van der Waals surface area contributed by atoms with Crippen LogP contribution in [0.1, 0.15) is 24.8 Å². The van der Waals surface area contributed by atoms with Crippen molar-refractivity contribution in [2.24, 2.45) is 0 Å². The van der Waals surface area contributed by atoms with Gasteiger partial charge in [0.25, 0.3) is 0 Å². The highest BCUT2D eigenvalue weighted by Crippen LogP contribution is 2.15. The van der Waals surface area contributed by atoms with Crippen molar-refractivity contribution in [2.45, 2.75) is 31.7 Å². The zero-order valence-corrected chi connectivity index (χ0v) is 11.6. The minimum absolute atomic E-state index is 0. The number of halogens is 1. The second-order valence-electron chi connectivity index (χ2n) is 4.84. The molecule has 1 aliphatic heterocycles. The first-order valence-corrected chi connectivity index (χ1v) is 6.61. The van der Waals surface area contributed by atoms with E-state index >= 15 is 0 Å². The number of piperidine rings is 1. The molecule has 4 nitrogen and oxygen atoms in total. The average molecular weight is 279 g/mol. The number of hydrogen-bond acceptors (Lipinski definition) is 3. The fourth-order valence-electron chi connectivity index (χ4n) is 2.54. The summed E-state index contributed by atoms with van der Waals surface area (Å²) < 4.78 is 0. The summed E-state index contributed by atoms with van der Waals surface area (Å²) in [6.45, 7) is 1.16. The molecule has 102 valence electrons. The van der Waals surface area contributed by atoms with Crippen LogP contribution in [-0.4, -0.2) is 27.6 Å². The number of hydrogen-bond donors (Lipinski definition) is 1. The molecule has 0 unspecified atom stereocenters. The standard InChI is InChI=1S/C14H18N4.ClH/c1-2-7-15-13(5-1)10-12-4-3-6-14(11-12)18-16-8-9-17-18;/h3-4,6,8-9,11,13,15H,1-2,5,7,10H2;1H/t13-;/m0./s1. The van der Waals surface area contributed by atoms with Gasteiger partial charge in [-0.1, -0.05) is 18.6 Å². The molecule has 0 amide bonds. The normalized spacial score (nSPS) is 18.8. The highest BCUT2D eigenvalue weighted by molar-refractivity contribution is 5.85. The predicted octanol–water partition coefficient (Wildman–Crippen LogP) is 2.37. The van der Waals surface area contributed by atoms with E-state index in [-0.39, 0.29) is 12.4 Å². The summed E-state index contributed by atoms with van der Waals surface area (Å²) in [4.78, 5) is 1.66. The van der Waals surface area contributed by atoms with Crippen LogP contribution in [0.4, 0.5) is 0 Å². The van der Waals surface area contributed by atoms with Crippen molar-refractivity contribution in [3.8, 4) is 5.69 Å². The summed E-state index contributed by atoms with van der Waals surface area (Å²) in [7, 11) is 0. The molecule has 0 spiro atoms. The maximum Gasteiger partial charge on any atom is 0.0859 e. The molecule has 0 radical (unpaired) electrons. The number of aromatic nitrogens is 3. The first-order chi connectivity index (χ1) is 8.92. The molecule has 0 aliphatic carbocycles. The van der Waals surface area contributed by atoms with Gasteiger partial charge in [-0.25, -0.2) is 0 Å². The monoisotopic (exact) mass is 278 g/mol. The first-order valence-electron chi connectivity index (χ1n) is 6.61. The number of benzene rings is 1. The van der Waals surface area contributed by atoms with Crippen molar-refractivity contribution in [2.75, 3.05) is 6.54 Å². The van der Waals surface area contributed by atoms with Crippen molar-refractivity contribution < 1.29 is 0 Å². The lowest BCUT2D eigenvalue weighted by Crippen LogP contribution is -2.35. The summed E-state index contributed by atoms with van der Waals surface area (Å²) in [6, 6.07) is 9.10. The van der Waals surface area contributed by atoms with Crippen molar-refractivity contribution in [3.05, 3.63) is 42.2 Å². The van der Waals surface area contributed by atoms with Crippen molar-refractivity contribution in [1.29, 1.82) is 0 Å². The van der Waals surface area contributed by atoms with Gasteiger partial charge in [0, 0.05) is 6.04 Å². The van der Waals surface area contributed by atoms with Crippen LogP contribution in [0, 0.1) is 0 Å². The maximum absolute atomic E-state index is 4.16. The van der Waals surface area contributed by atoms with Gasteiger partial charge in [-0.15, -0.1) is 12.4 Å². The lowest BCUT2D eigenvalue weighted by atomic mass is 9.97. The Labute approximate surface area is 119 Å². The van der Waals surface area contributed by atoms with Crippen LogP contribution in [0.2, 0.25) is 0 Å². The molecule has 1 N–H and O–H groups in total. The number of nitrogens with zero attached hydrogens (tertiary/aromatic N) is 3. The van der Waals surface area contributed by atoms with Crippen LogP contribution >= 0.6 is 12.4 Å². The van der Waals surface area contributed by atoms with E-state index in [4.69, 9.17) is 0 Å². The number of rotatable bonds is 3. The van der Waals surface area contributed by atoms with Crippen LogP contribution < -0.4 is 5.32 Å². The van der Waals surface area contributed by atoms with Gasteiger partial charge < -0.3 is 5.32 Å². The molecule has 5 heteroatoms. The Morgan fingerprint density at radius 2 is 2.05 bits per heavy atom. The Bertz CT molecular complexity index is 492. The quantitative estimate of drug-likeness (QED) is 0.937. The van der Waals surface area contributed by atoms with E-state index in [2.05, 4.69) is 33.7 Å². The molecular weight excluding hydrogens is 260 g/mol. The van der Waals surface area contributed by atoms with E-state index in [9.17, 15) is 0 Å². The molecule has 0 saturated carbocycles. The van der Waals surface area contributed by atoms with Crippen molar-refractivity contribution in [3.63, 3.8) is 0 Å². The minimum Gasteiger partial charge on any atom is -0.314 e. The van der Waals surface area contributed by atoms with Crippen LogP contribution in [0.3, 0.4) is 0 Å².